The molecule has 0 aromatic heterocycles. The minimum absolute atomic E-state index is 0.0335. The van der Waals surface area contributed by atoms with Crippen LogP contribution in [0.15, 0.2) is 0 Å². The third-order valence-corrected chi connectivity index (χ3v) is 5.35. The van der Waals surface area contributed by atoms with Crippen LogP contribution in [0.4, 0.5) is 0 Å². The van der Waals surface area contributed by atoms with Crippen LogP contribution in [0, 0.1) is 17.8 Å². The fourth-order valence-corrected chi connectivity index (χ4v) is 3.74. The summed E-state index contributed by atoms with van der Waals surface area (Å²) >= 11 is 0. The molecule has 2 aliphatic heterocycles. The highest BCUT2D eigenvalue weighted by atomic mass is 16.6. The van der Waals surface area contributed by atoms with Gasteiger partial charge in [-0.3, -0.25) is 0 Å². The minimum atomic E-state index is 0.0335. The molecule has 0 aliphatic carbocycles. The zero-order valence-corrected chi connectivity index (χ0v) is 13.8. The average molecular weight is 283 g/mol. The highest BCUT2D eigenvalue weighted by Crippen LogP contribution is 2.39. The lowest BCUT2D eigenvalue weighted by Crippen LogP contribution is -2.50. The summed E-state index contributed by atoms with van der Waals surface area (Å²) in [6.07, 6.45) is 4.66. The van der Waals surface area contributed by atoms with Crippen molar-refractivity contribution in [3.63, 3.8) is 0 Å². The first-order valence-corrected chi connectivity index (χ1v) is 8.53. The molecule has 3 nitrogen and oxygen atoms in total. The fourth-order valence-electron chi connectivity index (χ4n) is 3.74. The van der Waals surface area contributed by atoms with E-state index in [-0.39, 0.29) is 5.60 Å². The van der Waals surface area contributed by atoms with Crippen LogP contribution in [0.3, 0.4) is 0 Å². The van der Waals surface area contributed by atoms with Crippen molar-refractivity contribution in [2.75, 3.05) is 26.4 Å². The summed E-state index contributed by atoms with van der Waals surface area (Å²) in [7, 11) is 0. The zero-order valence-electron chi connectivity index (χ0n) is 13.8. The lowest BCUT2D eigenvalue weighted by atomic mass is 9.74. The molecule has 118 valence electrons. The van der Waals surface area contributed by atoms with Crippen molar-refractivity contribution in [1.82, 2.24) is 5.32 Å². The van der Waals surface area contributed by atoms with Gasteiger partial charge in [-0.05, 0) is 43.6 Å². The molecule has 2 aliphatic rings. The standard InChI is InChI=1S/C17H33NO2/c1-5-8-18-16(14(4)13(2)3)15-6-9-20-17(11-15)7-10-19-12-17/h13-16,18H,5-12H2,1-4H3. The van der Waals surface area contributed by atoms with E-state index >= 15 is 0 Å². The molecule has 2 rings (SSSR count). The summed E-state index contributed by atoms with van der Waals surface area (Å²) in [5.74, 6) is 2.17. The summed E-state index contributed by atoms with van der Waals surface area (Å²) < 4.78 is 11.7. The Morgan fingerprint density at radius 2 is 2.05 bits per heavy atom. The quantitative estimate of drug-likeness (QED) is 0.812. The molecule has 3 heteroatoms. The van der Waals surface area contributed by atoms with Crippen LogP contribution in [-0.2, 0) is 9.47 Å². The number of hydrogen-bond acceptors (Lipinski definition) is 3. The molecule has 4 atom stereocenters. The molecule has 2 heterocycles. The van der Waals surface area contributed by atoms with E-state index in [1.54, 1.807) is 0 Å². The van der Waals surface area contributed by atoms with Crippen molar-refractivity contribution in [1.29, 1.82) is 0 Å². The molecule has 2 fully saturated rings. The molecule has 0 aromatic carbocycles. The molecule has 2 saturated heterocycles. The van der Waals surface area contributed by atoms with Crippen molar-refractivity contribution < 1.29 is 9.47 Å². The van der Waals surface area contributed by atoms with Crippen LogP contribution in [0.5, 0.6) is 0 Å². The third kappa shape index (κ3) is 3.75. The Morgan fingerprint density at radius 1 is 1.25 bits per heavy atom. The second kappa shape index (κ2) is 7.24. The van der Waals surface area contributed by atoms with Crippen molar-refractivity contribution in [3.8, 4) is 0 Å². The van der Waals surface area contributed by atoms with Crippen molar-refractivity contribution in [3.05, 3.63) is 0 Å². The Balaban J connectivity index is 2.03. The van der Waals surface area contributed by atoms with Gasteiger partial charge >= 0.3 is 0 Å². The molecule has 0 saturated carbocycles. The summed E-state index contributed by atoms with van der Waals surface area (Å²) in [5, 5.41) is 3.83. The van der Waals surface area contributed by atoms with Gasteiger partial charge in [-0.2, -0.15) is 0 Å². The largest absolute Gasteiger partial charge is 0.378 e. The first-order chi connectivity index (χ1) is 9.58. The van der Waals surface area contributed by atoms with Gasteiger partial charge in [0.2, 0.25) is 0 Å². The van der Waals surface area contributed by atoms with Gasteiger partial charge < -0.3 is 14.8 Å². The predicted octanol–water partition coefficient (Wildman–Crippen LogP) is 3.23. The highest BCUT2D eigenvalue weighted by molar-refractivity contribution is 4.95. The Labute approximate surface area is 124 Å². The van der Waals surface area contributed by atoms with Gasteiger partial charge in [-0.15, -0.1) is 0 Å². The van der Waals surface area contributed by atoms with E-state index in [0.717, 1.165) is 44.6 Å². The zero-order chi connectivity index (χ0) is 14.6. The summed E-state index contributed by atoms with van der Waals surface area (Å²) in [5.41, 5.74) is 0.0335. The smallest absolute Gasteiger partial charge is 0.0939 e. The van der Waals surface area contributed by atoms with Gasteiger partial charge in [-0.1, -0.05) is 27.7 Å². The topological polar surface area (TPSA) is 30.5 Å². The number of ether oxygens (including phenoxy) is 2. The monoisotopic (exact) mass is 283 g/mol. The maximum atomic E-state index is 6.10. The predicted molar refractivity (Wildman–Crippen MR) is 82.9 cm³/mol. The Morgan fingerprint density at radius 3 is 2.65 bits per heavy atom. The molecule has 20 heavy (non-hydrogen) atoms. The van der Waals surface area contributed by atoms with Crippen molar-refractivity contribution in [2.24, 2.45) is 17.8 Å². The van der Waals surface area contributed by atoms with Crippen molar-refractivity contribution >= 4 is 0 Å². The average Bonchev–Trinajstić information content (AvgIpc) is 2.87. The summed E-state index contributed by atoms with van der Waals surface area (Å²) in [4.78, 5) is 0. The minimum Gasteiger partial charge on any atom is -0.378 e. The van der Waals surface area contributed by atoms with Gasteiger partial charge in [0.1, 0.15) is 0 Å². The fraction of sp³-hybridized carbons (Fsp3) is 1.00. The van der Waals surface area contributed by atoms with Gasteiger partial charge in [-0.25, -0.2) is 0 Å². The van der Waals surface area contributed by atoms with Crippen molar-refractivity contribution in [2.45, 2.75) is 65.0 Å². The van der Waals surface area contributed by atoms with Crippen LogP contribution in [-0.4, -0.2) is 38.0 Å². The van der Waals surface area contributed by atoms with Crippen LogP contribution in [0.25, 0.3) is 0 Å². The van der Waals surface area contributed by atoms with E-state index in [2.05, 4.69) is 33.0 Å². The first kappa shape index (κ1) is 16.3. The molecule has 0 radical (unpaired) electrons. The molecule has 0 amide bonds. The lowest BCUT2D eigenvalue weighted by Gasteiger charge is -2.43. The van der Waals surface area contributed by atoms with Crippen LogP contribution >= 0.6 is 0 Å². The molecule has 0 bridgehead atoms. The normalized spacial score (nSPS) is 33.8. The molecular weight excluding hydrogens is 250 g/mol. The SMILES string of the molecule is CCCNC(C1CCOC2(CCOC2)C1)C(C)C(C)C. The molecule has 1 N–H and O–H groups in total. The number of hydrogen-bond donors (Lipinski definition) is 1. The van der Waals surface area contributed by atoms with E-state index < -0.39 is 0 Å². The molecule has 4 unspecified atom stereocenters. The van der Waals surface area contributed by atoms with Crippen LogP contribution in [0.2, 0.25) is 0 Å². The van der Waals surface area contributed by atoms with Gasteiger partial charge in [0.25, 0.3) is 0 Å². The Kier molecular flexibility index (Phi) is 5.88. The van der Waals surface area contributed by atoms with E-state index in [0.29, 0.717) is 12.0 Å². The van der Waals surface area contributed by atoms with Gasteiger partial charge in [0.05, 0.1) is 12.2 Å². The Bertz CT molecular complexity index is 287. The third-order valence-electron chi connectivity index (χ3n) is 5.35. The Hall–Kier alpha value is -0.120. The lowest BCUT2D eigenvalue weighted by molar-refractivity contribution is -0.106. The second-order valence-electron chi connectivity index (χ2n) is 7.17. The van der Waals surface area contributed by atoms with E-state index in [1.165, 1.54) is 19.3 Å². The maximum Gasteiger partial charge on any atom is 0.0939 e. The van der Waals surface area contributed by atoms with Gasteiger partial charge in [0.15, 0.2) is 0 Å². The summed E-state index contributed by atoms with van der Waals surface area (Å²) in [6, 6.07) is 0.622. The number of rotatable bonds is 6. The summed E-state index contributed by atoms with van der Waals surface area (Å²) in [6.45, 7) is 13.1. The molecule has 0 aromatic rings. The van der Waals surface area contributed by atoms with E-state index in [1.807, 2.05) is 0 Å². The van der Waals surface area contributed by atoms with E-state index in [9.17, 15) is 0 Å². The molecule has 1 spiro atoms. The van der Waals surface area contributed by atoms with Crippen LogP contribution in [0.1, 0.15) is 53.4 Å². The second-order valence-corrected chi connectivity index (χ2v) is 7.17. The van der Waals surface area contributed by atoms with Gasteiger partial charge in [0, 0.05) is 25.7 Å². The maximum absolute atomic E-state index is 6.10. The van der Waals surface area contributed by atoms with E-state index in [4.69, 9.17) is 9.47 Å². The molecular formula is C17H33NO2. The van der Waals surface area contributed by atoms with Crippen LogP contribution < -0.4 is 5.32 Å². The highest BCUT2D eigenvalue weighted by Gasteiger charge is 2.43. The number of nitrogens with one attached hydrogen (secondary N) is 1. The first-order valence-electron chi connectivity index (χ1n) is 8.53.